The van der Waals surface area contributed by atoms with Crippen molar-refractivity contribution < 1.29 is 4.39 Å². The van der Waals surface area contributed by atoms with Crippen LogP contribution in [0.25, 0.3) is 0 Å². The lowest BCUT2D eigenvalue weighted by Crippen LogP contribution is -2.16. The van der Waals surface area contributed by atoms with E-state index in [0.717, 1.165) is 23.0 Å². The smallest absolute Gasteiger partial charge is 0.143 e. The predicted molar refractivity (Wildman–Crippen MR) is 82.4 cm³/mol. The fourth-order valence-corrected chi connectivity index (χ4v) is 4.44. The molecule has 0 spiro atoms. The lowest BCUT2D eigenvalue weighted by molar-refractivity contribution is 0.604. The van der Waals surface area contributed by atoms with Gasteiger partial charge in [-0.15, -0.1) is 11.3 Å². The van der Waals surface area contributed by atoms with Gasteiger partial charge >= 0.3 is 0 Å². The summed E-state index contributed by atoms with van der Waals surface area (Å²) in [5.74, 6) is -0.472. The molecule has 0 aliphatic heterocycles. The molecule has 2 nitrogen and oxygen atoms in total. The summed E-state index contributed by atoms with van der Waals surface area (Å²) < 4.78 is 14.8. The van der Waals surface area contributed by atoms with E-state index in [0.29, 0.717) is 5.69 Å². The number of aryl methyl sites for hydroxylation is 1. The van der Waals surface area contributed by atoms with Crippen LogP contribution >= 0.6 is 27.3 Å². The van der Waals surface area contributed by atoms with E-state index in [1.165, 1.54) is 16.5 Å². The van der Waals surface area contributed by atoms with E-state index in [-0.39, 0.29) is 11.6 Å². The van der Waals surface area contributed by atoms with Crippen molar-refractivity contribution in [1.29, 1.82) is 5.26 Å². The van der Waals surface area contributed by atoms with Gasteiger partial charge in [-0.25, -0.2) is 4.39 Å². The Morgan fingerprint density at radius 1 is 1.45 bits per heavy atom. The van der Waals surface area contributed by atoms with Crippen molar-refractivity contribution in [2.24, 2.45) is 0 Å². The molecule has 0 saturated carbocycles. The summed E-state index contributed by atoms with van der Waals surface area (Å²) in [6, 6.07) is 8.92. The van der Waals surface area contributed by atoms with Crippen LogP contribution in [0.4, 0.5) is 10.1 Å². The molecule has 1 aromatic carbocycles. The van der Waals surface area contributed by atoms with Crippen molar-refractivity contribution in [1.82, 2.24) is 0 Å². The molecule has 3 rings (SSSR count). The van der Waals surface area contributed by atoms with Crippen LogP contribution in [0.1, 0.15) is 34.9 Å². The van der Waals surface area contributed by atoms with Crippen molar-refractivity contribution in [3.05, 3.63) is 49.9 Å². The zero-order chi connectivity index (χ0) is 14.1. The minimum absolute atomic E-state index is 0.0916. The maximum absolute atomic E-state index is 13.6. The van der Waals surface area contributed by atoms with Gasteiger partial charge in [0.15, 0.2) is 0 Å². The van der Waals surface area contributed by atoms with Gasteiger partial charge in [0, 0.05) is 4.88 Å². The summed E-state index contributed by atoms with van der Waals surface area (Å²) in [4.78, 5) is 1.37. The molecule has 1 atom stereocenters. The molecule has 102 valence electrons. The number of hydrogen-bond donors (Lipinski definition) is 1. The highest BCUT2D eigenvalue weighted by molar-refractivity contribution is 9.11. The molecule has 1 heterocycles. The zero-order valence-corrected chi connectivity index (χ0v) is 13.0. The molecule has 1 unspecified atom stereocenters. The van der Waals surface area contributed by atoms with Gasteiger partial charge in [-0.2, -0.15) is 5.26 Å². The van der Waals surface area contributed by atoms with E-state index >= 15 is 0 Å². The Labute approximate surface area is 129 Å². The van der Waals surface area contributed by atoms with Crippen LogP contribution in [0.2, 0.25) is 0 Å². The first-order valence-corrected chi connectivity index (χ1v) is 8.03. The zero-order valence-electron chi connectivity index (χ0n) is 10.6. The molecule has 0 saturated heterocycles. The summed E-state index contributed by atoms with van der Waals surface area (Å²) in [5.41, 5.74) is 1.93. The van der Waals surface area contributed by atoms with Crippen LogP contribution in [0, 0.1) is 17.1 Å². The molecule has 2 aromatic rings. The van der Waals surface area contributed by atoms with E-state index < -0.39 is 5.82 Å². The summed E-state index contributed by atoms with van der Waals surface area (Å²) in [7, 11) is 0. The number of hydrogen-bond acceptors (Lipinski definition) is 3. The Balaban J connectivity index is 1.94. The van der Waals surface area contributed by atoms with E-state index in [1.54, 1.807) is 23.5 Å². The number of fused-ring (bicyclic) bond motifs is 1. The maximum atomic E-state index is 13.6. The summed E-state index contributed by atoms with van der Waals surface area (Å²) >= 11 is 5.28. The third-order valence-electron chi connectivity index (χ3n) is 3.54. The first-order valence-electron chi connectivity index (χ1n) is 6.42. The number of benzene rings is 1. The largest absolute Gasteiger partial charge is 0.377 e. The average Bonchev–Trinajstić information content (AvgIpc) is 2.80. The second-order valence-electron chi connectivity index (χ2n) is 4.79. The molecule has 0 amide bonds. The normalized spacial score (nSPS) is 17.4. The lowest BCUT2D eigenvalue weighted by atomic mass is 9.93. The maximum Gasteiger partial charge on any atom is 0.143 e. The first kappa shape index (κ1) is 13.6. The lowest BCUT2D eigenvalue weighted by Gasteiger charge is -2.25. The predicted octanol–water partition coefficient (Wildman–Crippen LogP) is 5.01. The molecule has 1 N–H and O–H groups in total. The number of nitrogens with one attached hydrogen (secondary N) is 1. The quantitative estimate of drug-likeness (QED) is 0.826. The Morgan fingerprint density at radius 2 is 2.30 bits per heavy atom. The molecule has 0 fully saturated rings. The van der Waals surface area contributed by atoms with Crippen molar-refractivity contribution in [2.75, 3.05) is 5.32 Å². The highest BCUT2D eigenvalue weighted by atomic mass is 79.9. The number of halogens is 2. The minimum Gasteiger partial charge on any atom is -0.377 e. The minimum atomic E-state index is -0.472. The van der Waals surface area contributed by atoms with Crippen LogP contribution in [0.3, 0.4) is 0 Å². The van der Waals surface area contributed by atoms with E-state index in [1.807, 2.05) is 6.07 Å². The third kappa shape index (κ3) is 2.46. The van der Waals surface area contributed by atoms with Gasteiger partial charge in [0.1, 0.15) is 17.4 Å². The Kier molecular flexibility index (Phi) is 3.77. The van der Waals surface area contributed by atoms with E-state index in [9.17, 15) is 4.39 Å². The van der Waals surface area contributed by atoms with Gasteiger partial charge in [-0.05, 0) is 59.0 Å². The molecule has 20 heavy (non-hydrogen) atoms. The van der Waals surface area contributed by atoms with Gasteiger partial charge in [-0.3, -0.25) is 0 Å². The molecular formula is C15H12BrFN2S. The van der Waals surface area contributed by atoms with Crippen molar-refractivity contribution in [3.63, 3.8) is 0 Å². The standard InChI is InChI=1S/C15H12BrFN2S/c16-15-7-9-12(5-2-6-14(9)20-15)19-13-4-1-3-11(17)10(13)8-18/h1,3-4,7,12,19H,2,5-6H2. The molecule has 1 aliphatic carbocycles. The summed E-state index contributed by atoms with van der Waals surface area (Å²) in [6.45, 7) is 0. The van der Waals surface area contributed by atoms with E-state index in [4.69, 9.17) is 5.26 Å². The van der Waals surface area contributed by atoms with Crippen LogP contribution in [0.5, 0.6) is 0 Å². The highest BCUT2D eigenvalue weighted by Crippen LogP contribution is 2.39. The Morgan fingerprint density at radius 3 is 3.10 bits per heavy atom. The molecule has 1 aromatic heterocycles. The van der Waals surface area contributed by atoms with Gasteiger partial charge < -0.3 is 5.32 Å². The van der Waals surface area contributed by atoms with Crippen LogP contribution in [-0.4, -0.2) is 0 Å². The second-order valence-corrected chi connectivity index (χ2v) is 7.31. The highest BCUT2D eigenvalue weighted by Gasteiger charge is 2.23. The number of nitriles is 1. The van der Waals surface area contributed by atoms with Gasteiger partial charge in [0.2, 0.25) is 0 Å². The Bertz CT molecular complexity index is 690. The Hall–Kier alpha value is -1.38. The summed E-state index contributed by atoms with van der Waals surface area (Å²) in [6.07, 6.45) is 3.20. The molecule has 0 radical (unpaired) electrons. The molecule has 5 heteroatoms. The number of rotatable bonds is 2. The molecular weight excluding hydrogens is 339 g/mol. The van der Waals surface area contributed by atoms with Gasteiger partial charge in [0.25, 0.3) is 0 Å². The monoisotopic (exact) mass is 350 g/mol. The fourth-order valence-electron chi connectivity index (χ4n) is 2.62. The second kappa shape index (κ2) is 5.55. The van der Waals surface area contributed by atoms with E-state index in [2.05, 4.69) is 27.3 Å². The third-order valence-corrected chi connectivity index (χ3v) is 5.25. The SMILES string of the molecule is N#Cc1c(F)cccc1NC1CCCc2sc(Br)cc21. The van der Waals surface area contributed by atoms with Gasteiger partial charge in [-0.1, -0.05) is 6.07 Å². The van der Waals surface area contributed by atoms with Crippen LogP contribution < -0.4 is 5.32 Å². The number of anilines is 1. The topological polar surface area (TPSA) is 35.8 Å². The molecule has 1 aliphatic rings. The fraction of sp³-hybridized carbons (Fsp3) is 0.267. The number of thiophene rings is 1. The average molecular weight is 351 g/mol. The number of nitrogens with zero attached hydrogens (tertiary/aromatic N) is 1. The van der Waals surface area contributed by atoms with Crippen molar-refractivity contribution in [2.45, 2.75) is 25.3 Å². The van der Waals surface area contributed by atoms with Crippen LogP contribution in [0.15, 0.2) is 28.1 Å². The van der Waals surface area contributed by atoms with Crippen molar-refractivity contribution in [3.8, 4) is 6.07 Å². The molecule has 0 bridgehead atoms. The van der Waals surface area contributed by atoms with Crippen LogP contribution in [-0.2, 0) is 6.42 Å². The first-order chi connectivity index (χ1) is 9.69. The summed E-state index contributed by atoms with van der Waals surface area (Å²) in [5, 5.41) is 12.4. The van der Waals surface area contributed by atoms with Crippen molar-refractivity contribution >= 4 is 33.0 Å². The van der Waals surface area contributed by atoms with Gasteiger partial charge in [0.05, 0.1) is 15.5 Å².